The molecule has 1 rings (SSSR count). The highest BCUT2D eigenvalue weighted by molar-refractivity contribution is 6.04. The zero-order valence-electron chi connectivity index (χ0n) is 15.5. The highest BCUT2D eigenvalue weighted by atomic mass is 16.1. The maximum atomic E-state index is 13.3. The van der Waals surface area contributed by atoms with E-state index < -0.39 is 5.54 Å². The molecule has 0 saturated heterocycles. The van der Waals surface area contributed by atoms with Crippen LogP contribution in [-0.4, -0.2) is 29.3 Å². The Morgan fingerprint density at radius 3 is 2.36 bits per heavy atom. The summed E-state index contributed by atoms with van der Waals surface area (Å²) in [5.41, 5.74) is 1.88. The van der Waals surface area contributed by atoms with Crippen LogP contribution < -0.4 is 0 Å². The number of carbonyl (C=O) groups is 1. The maximum absolute atomic E-state index is 13.3. The molecule has 0 spiro atoms. The molecule has 0 N–H and O–H groups in total. The fourth-order valence-corrected chi connectivity index (χ4v) is 3.26. The number of hydrogen-bond acceptors (Lipinski definition) is 2. The van der Waals surface area contributed by atoms with E-state index in [2.05, 4.69) is 45.6 Å². The molecule has 0 bridgehead atoms. The van der Waals surface area contributed by atoms with E-state index in [4.69, 9.17) is 0 Å². The zero-order chi connectivity index (χ0) is 17.0. The van der Waals surface area contributed by atoms with Crippen molar-refractivity contribution in [1.29, 1.82) is 0 Å². The van der Waals surface area contributed by atoms with Gasteiger partial charge in [0.15, 0.2) is 5.78 Å². The highest BCUT2D eigenvalue weighted by Gasteiger charge is 2.44. The second-order valence-corrected chi connectivity index (χ2v) is 7.47. The first-order valence-electron chi connectivity index (χ1n) is 8.44. The molecule has 0 radical (unpaired) electrons. The topological polar surface area (TPSA) is 20.3 Å². The van der Waals surface area contributed by atoms with Crippen molar-refractivity contribution >= 4 is 5.78 Å². The minimum Gasteiger partial charge on any atom is -0.292 e. The van der Waals surface area contributed by atoms with E-state index >= 15 is 0 Å². The van der Waals surface area contributed by atoms with Gasteiger partial charge in [-0.05, 0) is 39.5 Å². The van der Waals surface area contributed by atoms with E-state index in [1.807, 2.05) is 32.1 Å². The average Bonchev–Trinajstić information content (AvgIpc) is 2.90. The molecule has 0 saturated carbocycles. The van der Waals surface area contributed by atoms with Crippen LogP contribution in [0.2, 0.25) is 0 Å². The molecule has 22 heavy (non-hydrogen) atoms. The quantitative estimate of drug-likeness (QED) is 0.378. The summed E-state index contributed by atoms with van der Waals surface area (Å²) in [5, 5.41) is 0. The molecule has 124 valence electrons. The molecule has 1 unspecified atom stereocenters. The molecule has 1 atom stereocenters. The summed E-state index contributed by atoms with van der Waals surface area (Å²) in [6.07, 6.45) is 10.0. The third-order valence-electron chi connectivity index (χ3n) is 4.99. The van der Waals surface area contributed by atoms with Gasteiger partial charge in [0, 0.05) is 18.7 Å². The Morgan fingerprint density at radius 2 is 1.95 bits per heavy atom. The minimum atomic E-state index is -0.449. The Hall–Kier alpha value is -1.15. The van der Waals surface area contributed by atoms with Crippen LogP contribution in [-0.2, 0) is 4.79 Å². The number of hydrogen-bond donors (Lipinski definition) is 0. The van der Waals surface area contributed by atoms with Gasteiger partial charge in [0.1, 0.15) is 0 Å². The van der Waals surface area contributed by atoms with Gasteiger partial charge in [-0.15, -0.1) is 0 Å². The molecule has 1 heterocycles. The normalized spacial score (nSPS) is 20.3. The van der Waals surface area contributed by atoms with Gasteiger partial charge in [-0.2, -0.15) is 0 Å². The molecule has 0 amide bonds. The van der Waals surface area contributed by atoms with Crippen LogP contribution in [0.4, 0.5) is 0 Å². The van der Waals surface area contributed by atoms with E-state index in [1.54, 1.807) is 0 Å². The van der Waals surface area contributed by atoms with Gasteiger partial charge in [-0.3, -0.25) is 9.69 Å². The van der Waals surface area contributed by atoms with Gasteiger partial charge in [0.05, 0.1) is 5.54 Å². The van der Waals surface area contributed by atoms with E-state index in [9.17, 15) is 4.79 Å². The van der Waals surface area contributed by atoms with Crippen LogP contribution >= 0.6 is 0 Å². The summed E-state index contributed by atoms with van der Waals surface area (Å²) in [7, 11) is 0. The van der Waals surface area contributed by atoms with Crippen molar-refractivity contribution in [2.75, 3.05) is 13.1 Å². The van der Waals surface area contributed by atoms with Gasteiger partial charge in [-0.1, -0.05) is 57.1 Å². The van der Waals surface area contributed by atoms with Crippen molar-refractivity contribution in [3.8, 4) is 0 Å². The number of allylic oxidation sites excluding steroid dienone is 3. The molecule has 2 heteroatoms. The second kappa shape index (κ2) is 7.41. The van der Waals surface area contributed by atoms with Crippen molar-refractivity contribution in [2.45, 2.75) is 66.8 Å². The largest absolute Gasteiger partial charge is 0.292 e. The number of nitrogens with zero attached hydrogens (tertiary/aromatic N) is 1. The fourth-order valence-electron chi connectivity index (χ4n) is 3.26. The molecular weight excluding hydrogens is 270 g/mol. The van der Waals surface area contributed by atoms with Crippen molar-refractivity contribution in [3.63, 3.8) is 0 Å². The van der Waals surface area contributed by atoms with Crippen LogP contribution in [0.15, 0.2) is 35.5 Å². The average molecular weight is 303 g/mol. The molecule has 0 aromatic carbocycles. The number of ketones is 1. The summed E-state index contributed by atoms with van der Waals surface area (Å²) < 4.78 is 0. The van der Waals surface area contributed by atoms with Crippen molar-refractivity contribution in [1.82, 2.24) is 4.90 Å². The number of rotatable bonds is 7. The predicted molar refractivity (Wildman–Crippen MR) is 96.0 cm³/mol. The summed E-state index contributed by atoms with van der Waals surface area (Å²) in [5.74, 6) is 0.248. The zero-order valence-corrected chi connectivity index (χ0v) is 15.5. The second-order valence-electron chi connectivity index (χ2n) is 7.47. The van der Waals surface area contributed by atoms with Gasteiger partial charge < -0.3 is 0 Å². The van der Waals surface area contributed by atoms with E-state index in [-0.39, 0.29) is 11.2 Å². The molecule has 0 aliphatic carbocycles. The SMILES string of the molecule is C/C=C\C(=C/C)C(=O)C(C)(CC(C)(C)CC)N1CC=C(C)C1. The van der Waals surface area contributed by atoms with Crippen molar-refractivity contribution in [3.05, 3.63) is 35.5 Å². The summed E-state index contributed by atoms with van der Waals surface area (Å²) in [6.45, 7) is 16.7. The van der Waals surface area contributed by atoms with E-state index in [1.165, 1.54) is 5.57 Å². The molecule has 1 aliphatic heterocycles. The van der Waals surface area contributed by atoms with Crippen molar-refractivity contribution in [2.24, 2.45) is 5.41 Å². The first-order valence-corrected chi connectivity index (χ1v) is 8.44. The minimum absolute atomic E-state index is 0.148. The first kappa shape index (κ1) is 18.9. The van der Waals surface area contributed by atoms with E-state index in [0.717, 1.165) is 31.5 Å². The highest BCUT2D eigenvalue weighted by Crippen LogP contribution is 2.38. The van der Waals surface area contributed by atoms with Crippen LogP contribution in [0, 0.1) is 5.41 Å². The monoisotopic (exact) mass is 303 g/mol. The van der Waals surface area contributed by atoms with Gasteiger partial charge in [0.25, 0.3) is 0 Å². The van der Waals surface area contributed by atoms with Gasteiger partial charge in [0.2, 0.25) is 0 Å². The third-order valence-corrected chi connectivity index (χ3v) is 4.99. The first-order chi connectivity index (χ1) is 10.2. The predicted octanol–water partition coefficient (Wildman–Crippen LogP) is 4.92. The third kappa shape index (κ3) is 4.19. The molecule has 0 fully saturated rings. The summed E-state index contributed by atoms with van der Waals surface area (Å²) in [4.78, 5) is 15.6. The lowest BCUT2D eigenvalue weighted by molar-refractivity contribution is -0.127. The van der Waals surface area contributed by atoms with Crippen LogP contribution in [0.1, 0.15) is 61.3 Å². The Kier molecular flexibility index (Phi) is 6.37. The number of carbonyl (C=O) groups excluding carboxylic acids is 1. The molecule has 1 aliphatic rings. The molecule has 2 nitrogen and oxygen atoms in total. The summed E-state index contributed by atoms with van der Waals surface area (Å²) in [6, 6.07) is 0. The van der Waals surface area contributed by atoms with Crippen LogP contribution in [0.25, 0.3) is 0 Å². The van der Waals surface area contributed by atoms with E-state index in [0.29, 0.717) is 0 Å². The fraction of sp³-hybridized carbons (Fsp3) is 0.650. The van der Waals surface area contributed by atoms with Gasteiger partial charge in [-0.25, -0.2) is 0 Å². The lowest BCUT2D eigenvalue weighted by Crippen LogP contribution is -2.54. The molecular formula is C20H33NO. The maximum Gasteiger partial charge on any atom is 0.182 e. The lowest BCUT2D eigenvalue weighted by Gasteiger charge is -2.43. The molecule has 0 aromatic heterocycles. The molecule has 0 aromatic rings. The Bertz CT molecular complexity index is 496. The Balaban J connectivity index is 3.19. The standard InChI is InChI=1S/C20H33NO/c1-8-11-17(9-2)18(22)20(7,15-19(5,6)10-3)21-13-12-16(4)14-21/h8-9,11-12H,10,13-15H2,1-7H3/b11-8-,17-9+. The van der Waals surface area contributed by atoms with Crippen molar-refractivity contribution < 1.29 is 4.79 Å². The smallest absolute Gasteiger partial charge is 0.182 e. The number of Topliss-reactive ketones (excluding diaryl/α,β-unsaturated/α-hetero) is 1. The van der Waals surface area contributed by atoms with Crippen LogP contribution in [0.3, 0.4) is 0 Å². The lowest BCUT2D eigenvalue weighted by atomic mass is 9.73. The Labute approximate surface area is 137 Å². The Morgan fingerprint density at radius 1 is 1.32 bits per heavy atom. The summed E-state index contributed by atoms with van der Waals surface area (Å²) >= 11 is 0. The van der Waals surface area contributed by atoms with Crippen LogP contribution in [0.5, 0.6) is 0 Å². The van der Waals surface area contributed by atoms with Gasteiger partial charge >= 0.3 is 0 Å².